The molecule has 0 bridgehead atoms. The summed E-state index contributed by atoms with van der Waals surface area (Å²) in [7, 11) is 0. The Labute approximate surface area is 173 Å². The quantitative estimate of drug-likeness (QED) is 0.683. The van der Waals surface area contributed by atoms with Crippen LogP contribution in [0.3, 0.4) is 0 Å². The number of aromatic amines is 1. The van der Waals surface area contributed by atoms with Crippen LogP contribution in [0.15, 0.2) is 40.4 Å². The number of H-pyrrole nitrogens is 1. The Hall–Kier alpha value is -2.82. The highest BCUT2D eigenvalue weighted by molar-refractivity contribution is 8.13. The molecule has 1 spiro atoms. The second-order valence-electron chi connectivity index (χ2n) is 7.75. The fourth-order valence-electron chi connectivity index (χ4n) is 4.09. The Kier molecular flexibility index (Phi) is 4.68. The molecular weight excluding hydrogens is 419 g/mol. The Morgan fingerprint density at radius 1 is 1.33 bits per heavy atom. The lowest BCUT2D eigenvalue weighted by atomic mass is 9.55. The first-order chi connectivity index (χ1) is 14.0. The first kappa shape index (κ1) is 20.5. The van der Waals surface area contributed by atoms with Crippen LogP contribution in [-0.4, -0.2) is 32.7 Å². The zero-order valence-electron chi connectivity index (χ0n) is 15.8. The van der Waals surface area contributed by atoms with E-state index in [0.29, 0.717) is 5.75 Å². The Balaban J connectivity index is 1.70. The molecule has 4 N–H and O–H groups in total. The van der Waals surface area contributed by atoms with Crippen LogP contribution in [0.1, 0.15) is 35.8 Å². The minimum absolute atomic E-state index is 0.0434. The van der Waals surface area contributed by atoms with Gasteiger partial charge in [-0.15, -0.1) is 0 Å². The van der Waals surface area contributed by atoms with E-state index in [4.69, 9.17) is 5.73 Å². The van der Waals surface area contributed by atoms with Gasteiger partial charge in [-0.3, -0.25) is 14.6 Å². The number of halogens is 3. The van der Waals surface area contributed by atoms with Gasteiger partial charge in [-0.25, -0.2) is 18.2 Å². The van der Waals surface area contributed by atoms with E-state index in [1.54, 1.807) is 6.92 Å². The molecule has 158 valence electrons. The molecule has 0 saturated heterocycles. The maximum absolute atomic E-state index is 14.9. The van der Waals surface area contributed by atoms with Gasteiger partial charge < -0.3 is 16.0 Å². The van der Waals surface area contributed by atoms with Crippen LogP contribution in [0, 0.1) is 11.2 Å². The van der Waals surface area contributed by atoms with Gasteiger partial charge in [-0.1, -0.05) is 11.8 Å². The number of carbonyl (C=O) groups is 1. The van der Waals surface area contributed by atoms with E-state index in [1.165, 1.54) is 23.9 Å². The molecule has 2 heterocycles. The number of benzene rings is 1. The van der Waals surface area contributed by atoms with Crippen molar-refractivity contribution in [2.75, 3.05) is 11.1 Å². The Morgan fingerprint density at radius 3 is 2.70 bits per heavy atom. The number of hydrogen-bond acceptors (Lipinski definition) is 6. The van der Waals surface area contributed by atoms with E-state index in [9.17, 15) is 22.8 Å². The predicted octanol–water partition coefficient (Wildman–Crippen LogP) is 2.85. The second kappa shape index (κ2) is 6.86. The summed E-state index contributed by atoms with van der Waals surface area (Å²) < 4.78 is 42.5. The highest BCUT2D eigenvalue weighted by Gasteiger charge is 2.66. The van der Waals surface area contributed by atoms with Crippen molar-refractivity contribution < 1.29 is 18.0 Å². The average molecular weight is 437 g/mol. The minimum Gasteiger partial charge on any atom is -0.379 e. The summed E-state index contributed by atoms with van der Waals surface area (Å²) in [5.74, 6) is -3.79. The van der Waals surface area contributed by atoms with Crippen LogP contribution in [0.2, 0.25) is 0 Å². The molecule has 11 heteroatoms. The van der Waals surface area contributed by atoms with Gasteiger partial charge in [-0.2, -0.15) is 0 Å². The van der Waals surface area contributed by atoms with Crippen LogP contribution in [0.25, 0.3) is 0 Å². The maximum Gasteiger partial charge on any atom is 0.275 e. The number of anilines is 1. The van der Waals surface area contributed by atoms with Crippen LogP contribution < -0.4 is 16.6 Å². The lowest BCUT2D eigenvalue weighted by molar-refractivity contribution is -0.178. The van der Waals surface area contributed by atoms with E-state index in [0.717, 1.165) is 18.5 Å². The molecule has 1 saturated carbocycles. The number of alkyl halides is 2. The van der Waals surface area contributed by atoms with Crippen molar-refractivity contribution in [3.63, 3.8) is 0 Å². The highest BCUT2D eigenvalue weighted by atomic mass is 32.2. The van der Waals surface area contributed by atoms with Gasteiger partial charge in [0, 0.05) is 41.5 Å². The summed E-state index contributed by atoms with van der Waals surface area (Å²) in [6.45, 7) is 1.60. The van der Waals surface area contributed by atoms with E-state index in [1.807, 2.05) is 0 Å². The fourth-order valence-corrected chi connectivity index (χ4v) is 5.25. The number of carbonyl (C=O) groups excluding carboxylic acids is 1. The molecule has 1 aliphatic heterocycles. The zero-order valence-corrected chi connectivity index (χ0v) is 16.7. The van der Waals surface area contributed by atoms with Gasteiger partial charge in [0.1, 0.15) is 11.5 Å². The van der Waals surface area contributed by atoms with Crippen molar-refractivity contribution >= 4 is 28.5 Å². The normalized spacial score (nSPS) is 24.1. The largest absolute Gasteiger partial charge is 0.379 e. The molecule has 2 aromatic rings. The number of aromatic nitrogens is 2. The van der Waals surface area contributed by atoms with Crippen molar-refractivity contribution in [1.29, 1.82) is 0 Å². The summed E-state index contributed by atoms with van der Waals surface area (Å²) in [6.07, 6.45) is 1.27. The molecule has 0 radical (unpaired) electrons. The molecule has 2 aliphatic rings. The van der Waals surface area contributed by atoms with Crippen molar-refractivity contribution in [3.05, 3.63) is 58.0 Å². The fraction of sp³-hybridized carbons (Fsp3) is 0.368. The van der Waals surface area contributed by atoms with Crippen LogP contribution in [-0.2, 0) is 5.54 Å². The molecule has 1 aliphatic carbocycles. The minimum atomic E-state index is -2.83. The third kappa shape index (κ3) is 3.36. The molecule has 0 unspecified atom stereocenters. The van der Waals surface area contributed by atoms with Crippen LogP contribution in [0.5, 0.6) is 0 Å². The number of amidine groups is 1. The Bertz CT molecular complexity index is 1090. The maximum atomic E-state index is 14.9. The van der Waals surface area contributed by atoms with Crippen LogP contribution in [0.4, 0.5) is 18.9 Å². The van der Waals surface area contributed by atoms with Gasteiger partial charge in [-0.05, 0) is 25.1 Å². The number of nitrogens with one attached hydrogen (secondary N) is 2. The van der Waals surface area contributed by atoms with Crippen molar-refractivity contribution in [1.82, 2.24) is 9.97 Å². The number of thioether (sulfide) groups is 1. The van der Waals surface area contributed by atoms with E-state index in [-0.39, 0.29) is 22.1 Å². The molecule has 1 amide bonds. The molecular formula is C19H18F3N5O2S. The molecule has 1 atom stereocenters. The Morgan fingerprint density at radius 2 is 2.07 bits per heavy atom. The third-order valence-electron chi connectivity index (χ3n) is 5.71. The van der Waals surface area contributed by atoms with Crippen molar-refractivity contribution in [3.8, 4) is 0 Å². The number of nitrogens with zero attached hydrogens (tertiary/aromatic N) is 2. The predicted molar refractivity (Wildman–Crippen MR) is 107 cm³/mol. The SMILES string of the molecule is C[C@]1(c2cc(NC(=O)c3c[nH]c(=O)cn3)ccc2F)N=C(N)SCC12CC(F)(F)C2. The first-order valence-corrected chi connectivity index (χ1v) is 10.0. The van der Waals surface area contributed by atoms with Gasteiger partial charge in [0.15, 0.2) is 5.17 Å². The summed E-state index contributed by atoms with van der Waals surface area (Å²) in [5.41, 5.74) is 3.41. The van der Waals surface area contributed by atoms with Gasteiger partial charge >= 0.3 is 0 Å². The molecule has 1 aromatic carbocycles. The molecule has 7 nitrogen and oxygen atoms in total. The molecule has 1 fully saturated rings. The first-order valence-electron chi connectivity index (χ1n) is 9.06. The van der Waals surface area contributed by atoms with Crippen molar-refractivity contribution in [2.45, 2.75) is 31.2 Å². The lowest BCUT2D eigenvalue weighted by Crippen LogP contribution is -2.60. The number of aliphatic imine (C=N–C) groups is 1. The average Bonchev–Trinajstić information content (AvgIpc) is 2.65. The molecule has 1 aromatic heterocycles. The number of nitrogens with two attached hydrogens (primary N) is 1. The van der Waals surface area contributed by atoms with Gasteiger partial charge in [0.25, 0.3) is 11.5 Å². The van der Waals surface area contributed by atoms with E-state index < -0.39 is 47.0 Å². The summed E-state index contributed by atoms with van der Waals surface area (Å²) in [4.78, 5) is 33.9. The lowest BCUT2D eigenvalue weighted by Gasteiger charge is -2.57. The summed E-state index contributed by atoms with van der Waals surface area (Å²) >= 11 is 1.18. The number of hydrogen-bond donors (Lipinski definition) is 3. The smallest absolute Gasteiger partial charge is 0.275 e. The number of amides is 1. The van der Waals surface area contributed by atoms with E-state index in [2.05, 4.69) is 20.3 Å². The van der Waals surface area contributed by atoms with E-state index >= 15 is 0 Å². The molecule has 30 heavy (non-hydrogen) atoms. The van der Waals surface area contributed by atoms with Gasteiger partial charge in [0.05, 0.1) is 11.7 Å². The monoisotopic (exact) mass is 437 g/mol. The second-order valence-corrected chi connectivity index (χ2v) is 8.74. The highest BCUT2D eigenvalue weighted by Crippen LogP contribution is 2.65. The number of rotatable bonds is 3. The van der Waals surface area contributed by atoms with Crippen molar-refractivity contribution in [2.24, 2.45) is 16.1 Å². The standard InChI is InChI=1S/C19H18F3N5O2S/c1-17(18(7-19(21,22)8-18)9-30-16(23)27-17)11-4-10(2-3-12(11)20)26-15(29)13-5-25-14(28)6-24-13/h2-6H,7-9H2,1H3,(H2,23,27)(H,25,28)(H,26,29)/t17-/m1/s1. The summed E-state index contributed by atoms with van der Waals surface area (Å²) in [6, 6.07) is 3.87. The zero-order chi connectivity index (χ0) is 21.7. The third-order valence-corrected chi connectivity index (χ3v) is 6.79. The molecule has 4 rings (SSSR count). The summed E-state index contributed by atoms with van der Waals surface area (Å²) in [5, 5.41) is 2.77. The topological polar surface area (TPSA) is 113 Å². The van der Waals surface area contributed by atoms with Gasteiger partial charge in [0.2, 0.25) is 5.92 Å². The van der Waals surface area contributed by atoms with Crippen LogP contribution >= 0.6 is 11.8 Å².